The van der Waals surface area contributed by atoms with Gasteiger partial charge < -0.3 is 4.74 Å². The summed E-state index contributed by atoms with van der Waals surface area (Å²) in [5.74, 6) is 2.60. The topological polar surface area (TPSA) is 29.5 Å². The van der Waals surface area contributed by atoms with Crippen LogP contribution in [0.25, 0.3) is 10.8 Å². The second-order valence-electron chi connectivity index (χ2n) is 6.97. The minimum Gasteiger partial charge on any atom is -0.379 e. The van der Waals surface area contributed by atoms with Crippen LogP contribution in [0.15, 0.2) is 30.3 Å². The summed E-state index contributed by atoms with van der Waals surface area (Å²) in [6.45, 7) is 6.04. The van der Waals surface area contributed by atoms with Crippen LogP contribution < -0.4 is 0 Å². The minimum atomic E-state index is 0. The van der Waals surface area contributed by atoms with E-state index in [1.54, 1.807) is 0 Å². The number of rotatable bonds is 7. The Bertz CT molecular complexity index is 806. The average Bonchev–Trinajstić information content (AvgIpc) is 2.70. The van der Waals surface area contributed by atoms with Gasteiger partial charge in [-0.1, -0.05) is 43.5 Å². The summed E-state index contributed by atoms with van der Waals surface area (Å²) < 4.78 is 5.50. The minimum absolute atomic E-state index is 0. The molecule has 1 unspecified atom stereocenters. The Morgan fingerprint density at radius 2 is 2.08 bits per heavy atom. The Balaban J connectivity index is 0.00000261. The van der Waals surface area contributed by atoms with Crippen molar-refractivity contribution in [3.63, 3.8) is 0 Å². The van der Waals surface area contributed by atoms with Crippen LogP contribution in [0.4, 0.5) is 0 Å². The highest BCUT2D eigenvalue weighted by atomic mass is 16.5. The smallest absolute Gasteiger partial charge is 0.151 e. The molecule has 26 heavy (non-hydrogen) atoms. The number of hydrogen-bond acceptors (Lipinski definition) is 3. The number of terminal acetylenes is 1. The van der Waals surface area contributed by atoms with Crippen LogP contribution in [0.5, 0.6) is 0 Å². The van der Waals surface area contributed by atoms with Crippen molar-refractivity contribution < 1.29 is 11.0 Å². The van der Waals surface area contributed by atoms with Gasteiger partial charge >= 0.3 is 0 Å². The summed E-state index contributed by atoms with van der Waals surface area (Å²) in [5, 5.41) is 2.03. The summed E-state index contributed by atoms with van der Waals surface area (Å²) in [6, 6.07) is 10.9. The Morgan fingerprint density at radius 1 is 1.27 bits per heavy atom. The SMILES string of the molecule is C#Cc1ccc2cc(CCC(CCC)N3CCOCC3)ccc2c1C=O.[H]. The zero-order valence-corrected chi connectivity index (χ0v) is 15.5. The Labute approximate surface area is 157 Å². The maximum absolute atomic E-state index is 11.4. The number of carbonyl (C=O) groups excluding carboxylic acids is 1. The van der Waals surface area contributed by atoms with E-state index in [4.69, 9.17) is 11.2 Å². The molecule has 0 bridgehead atoms. The monoisotopic (exact) mass is 350 g/mol. The van der Waals surface area contributed by atoms with Crippen molar-refractivity contribution in [2.75, 3.05) is 26.3 Å². The van der Waals surface area contributed by atoms with Crippen molar-refractivity contribution in [3.8, 4) is 12.3 Å². The molecule has 0 spiro atoms. The number of carbonyl (C=O) groups is 1. The van der Waals surface area contributed by atoms with Crippen molar-refractivity contribution >= 4 is 17.1 Å². The molecule has 2 aromatic carbocycles. The van der Waals surface area contributed by atoms with E-state index in [9.17, 15) is 4.79 Å². The lowest BCUT2D eigenvalue weighted by Gasteiger charge is -2.34. The first-order valence-electron chi connectivity index (χ1n) is 9.56. The number of morpholine rings is 1. The molecular weight excluding hydrogens is 322 g/mol. The standard InChI is InChI=1S/C23H27NO2.H/c1-3-5-21(24-12-14-26-15-13-24)10-6-18-7-11-22-20(16-18)9-8-19(4-2)23(22)17-25;/h2,7-9,11,16-17,21H,3,5-6,10,12-15H2,1H3;. The molecule has 3 heteroatoms. The van der Waals surface area contributed by atoms with Gasteiger partial charge in [-0.25, -0.2) is 0 Å². The van der Waals surface area contributed by atoms with Crippen LogP contribution in [0.3, 0.4) is 0 Å². The zero-order valence-electron chi connectivity index (χ0n) is 16.5. The third-order valence-corrected chi connectivity index (χ3v) is 5.35. The number of ether oxygens (including phenoxy) is 1. The van der Waals surface area contributed by atoms with Gasteiger partial charge in [0.2, 0.25) is 0 Å². The van der Waals surface area contributed by atoms with E-state index in [0.29, 0.717) is 17.2 Å². The maximum Gasteiger partial charge on any atom is 0.151 e. The maximum atomic E-state index is 11.4. The van der Waals surface area contributed by atoms with Crippen LogP contribution in [0.2, 0.25) is 0 Å². The average molecular weight is 350 g/mol. The highest BCUT2D eigenvalue weighted by Gasteiger charge is 2.20. The van der Waals surface area contributed by atoms with Crippen LogP contribution in [-0.2, 0) is 11.2 Å². The molecule has 1 saturated heterocycles. The first-order valence-corrected chi connectivity index (χ1v) is 9.56. The lowest BCUT2D eigenvalue weighted by atomic mass is 9.95. The summed E-state index contributed by atoms with van der Waals surface area (Å²) in [7, 11) is 0. The first-order chi connectivity index (χ1) is 12.8. The van der Waals surface area contributed by atoms with Crippen molar-refractivity contribution in [2.45, 2.75) is 38.6 Å². The Morgan fingerprint density at radius 3 is 2.77 bits per heavy atom. The second-order valence-corrected chi connectivity index (χ2v) is 6.97. The van der Waals surface area contributed by atoms with Gasteiger partial charge in [-0.3, -0.25) is 9.69 Å². The molecule has 0 aromatic heterocycles. The third-order valence-electron chi connectivity index (χ3n) is 5.35. The van der Waals surface area contributed by atoms with Crippen molar-refractivity contribution in [3.05, 3.63) is 47.0 Å². The summed E-state index contributed by atoms with van der Waals surface area (Å²) in [5.41, 5.74) is 2.60. The largest absolute Gasteiger partial charge is 0.379 e. The van der Waals surface area contributed by atoms with E-state index in [2.05, 4.69) is 29.9 Å². The van der Waals surface area contributed by atoms with Crippen LogP contribution >= 0.6 is 0 Å². The van der Waals surface area contributed by atoms with E-state index in [-0.39, 0.29) is 1.43 Å². The van der Waals surface area contributed by atoms with E-state index in [1.807, 2.05) is 18.2 Å². The van der Waals surface area contributed by atoms with Crippen molar-refractivity contribution in [1.29, 1.82) is 0 Å². The van der Waals surface area contributed by atoms with Gasteiger partial charge in [-0.05, 0) is 41.7 Å². The lowest BCUT2D eigenvalue weighted by molar-refractivity contribution is 0.0128. The summed E-state index contributed by atoms with van der Waals surface area (Å²) in [6.07, 6.45) is 11.0. The molecule has 0 saturated carbocycles. The quantitative estimate of drug-likeness (QED) is 0.554. The molecule has 1 heterocycles. The van der Waals surface area contributed by atoms with Crippen LogP contribution in [0, 0.1) is 12.3 Å². The van der Waals surface area contributed by atoms with Crippen molar-refractivity contribution in [2.24, 2.45) is 0 Å². The van der Waals surface area contributed by atoms with Crippen LogP contribution in [0.1, 0.15) is 49.1 Å². The zero-order chi connectivity index (χ0) is 18.4. The molecule has 137 valence electrons. The number of aldehydes is 1. The van der Waals surface area contributed by atoms with Gasteiger partial charge in [0.15, 0.2) is 6.29 Å². The number of fused-ring (bicyclic) bond motifs is 1. The molecule has 2 aromatic rings. The van der Waals surface area contributed by atoms with Gasteiger partial charge in [0, 0.05) is 31.7 Å². The molecule has 0 aliphatic carbocycles. The summed E-state index contributed by atoms with van der Waals surface area (Å²) in [4.78, 5) is 14.0. The molecule has 3 nitrogen and oxygen atoms in total. The van der Waals surface area contributed by atoms with Gasteiger partial charge in [0.25, 0.3) is 0 Å². The first kappa shape index (κ1) is 18.6. The molecule has 0 N–H and O–H groups in total. The Kier molecular flexibility index (Phi) is 6.44. The predicted molar refractivity (Wildman–Crippen MR) is 108 cm³/mol. The van der Waals surface area contributed by atoms with Crippen LogP contribution in [-0.4, -0.2) is 43.5 Å². The fraction of sp³-hybridized carbons (Fsp3) is 0.435. The number of aryl methyl sites for hydroxylation is 1. The highest BCUT2D eigenvalue weighted by molar-refractivity contribution is 6.00. The third kappa shape index (κ3) is 4.15. The van der Waals surface area contributed by atoms with E-state index >= 15 is 0 Å². The molecule has 1 aliphatic rings. The van der Waals surface area contributed by atoms with E-state index in [0.717, 1.165) is 56.2 Å². The number of benzene rings is 2. The molecule has 0 amide bonds. The van der Waals surface area contributed by atoms with Gasteiger partial charge in [0.1, 0.15) is 0 Å². The Hall–Kier alpha value is -2.15. The highest BCUT2D eigenvalue weighted by Crippen LogP contribution is 2.24. The number of nitrogens with zero attached hydrogens (tertiary/aromatic N) is 1. The predicted octanol–water partition coefficient (Wildman–Crippen LogP) is 4.18. The molecule has 3 rings (SSSR count). The number of hydrogen-bond donors (Lipinski definition) is 0. The van der Waals surface area contributed by atoms with Gasteiger partial charge in [-0.15, -0.1) is 6.42 Å². The fourth-order valence-corrected chi connectivity index (χ4v) is 3.93. The van der Waals surface area contributed by atoms with Gasteiger partial charge in [-0.2, -0.15) is 0 Å². The lowest BCUT2D eigenvalue weighted by Crippen LogP contribution is -2.43. The van der Waals surface area contributed by atoms with E-state index < -0.39 is 0 Å². The summed E-state index contributed by atoms with van der Waals surface area (Å²) >= 11 is 0. The normalized spacial score (nSPS) is 16.3. The molecule has 1 aliphatic heterocycles. The molecule has 1 radical (unpaired) electrons. The molecular formula is C23H28NO2. The van der Waals surface area contributed by atoms with Gasteiger partial charge in [0.05, 0.1) is 13.2 Å². The molecule has 1 fully saturated rings. The molecule has 1 atom stereocenters. The van der Waals surface area contributed by atoms with E-state index in [1.165, 1.54) is 18.4 Å². The fourth-order valence-electron chi connectivity index (χ4n) is 3.93. The van der Waals surface area contributed by atoms with Crippen molar-refractivity contribution in [1.82, 2.24) is 4.90 Å². The second kappa shape index (κ2) is 8.98.